The number of phenols is 1. The van der Waals surface area contributed by atoms with Gasteiger partial charge in [0.2, 0.25) is 0 Å². The predicted molar refractivity (Wildman–Crippen MR) is 61.1 cm³/mol. The van der Waals surface area contributed by atoms with Gasteiger partial charge in [0.25, 0.3) is 0 Å². The van der Waals surface area contributed by atoms with Gasteiger partial charge in [-0.2, -0.15) is 5.48 Å². The van der Waals surface area contributed by atoms with Gasteiger partial charge < -0.3 is 9.94 Å². The molecule has 0 aliphatic heterocycles. The molecule has 1 aromatic rings. The number of benzene rings is 1. The molecule has 0 saturated heterocycles. The third kappa shape index (κ3) is 3.09. The molecule has 1 rings (SSSR count). The van der Waals surface area contributed by atoms with Crippen LogP contribution in [-0.4, -0.2) is 12.2 Å². The zero-order chi connectivity index (χ0) is 11.4. The van der Waals surface area contributed by atoms with Crippen LogP contribution in [0.4, 0.5) is 0 Å². The van der Waals surface area contributed by atoms with E-state index >= 15 is 0 Å². The Kier molecular flexibility index (Phi) is 4.39. The Morgan fingerprint density at radius 2 is 2.13 bits per heavy atom. The lowest BCUT2D eigenvalue weighted by Crippen LogP contribution is -2.11. The molecule has 0 unspecified atom stereocenters. The van der Waals surface area contributed by atoms with Crippen molar-refractivity contribution >= 4 is 11.6 Å². The predicted octanol–water partition coefficient (Wildman–Crippen LogP) is 2.82. The van der Waals surface area contributed by atoms with Crippen molar-refractivity contribution in [3.8, 4) is 5.75 Å². The molecule has 15 heavy (non-hydrogen) atoms. The highest BCUT2D eigenvalue weighted by Crippen LogP contribution is 2.30. The van der Waals surface area contributed by atoms with Crippen molar-refractivity contribution < 1.29 is 9.94 Å². The summed E-state index contributed by atoms with van der Waals surface area (Å²) in [6, 6.07) is 3.47. The fraction of sp³-hybridized carbons (Fsp3) is 0.455. The summed E-state index contributed by atoms with van der Waals surface area (Å²) in [6.07, 6.45) is 0. The quantitative estimate of drug-likeness (QED) is 0.781. The van der Waals surface area contributed by atoms with Crippen molar-refractivity contribution in [2.75, 3.05) is 7.11 Å². The molecule has 0 aromatic heterocycles. The van der Waals surface area contributed by atoms with Crippen LogP contribution < -0.4 is 5.48 Å². The summed E-state index contributed by atoms with van der Waals surface area (Å²) >= 11 is 6.10. The highest BCUT2D eigenvalue weighted by Gasteiger charge is 2.10. The molecule has 4 heteroatoms. The van der Waals surface area contributed by atoms with Crippen LogP contribution in [0.3, 0.4) is 0 Å². The van der Waals surface area contributed by atoms with Gasteiger partial charge in [0, 0.05) is 17.1 Å². The molecule has 0 radical (unpaired) electrons. The lowest BCUT2D eigenvalue weighted by Gasteiger charge is -2.12. The highest BCUT2D eigenvalue weighted by molar-refractivity contribution is 6.31. The number of halogens is 1. The first-order chi connectivity index (χ1) is 7.06. The topological polar surface area (TPSA) is 41.5 Å². The molecule has 0 heterocycles. The monoisotopic (exact) mass is 229 g/mol. The molecule has 3 nitrogen and oxygen atoms in total. The molecule has 0 saturated carbocycles. The number of phenolic OH excluding ortho intramolecular Hbond substituents is 1. The third-order valence-electron chi connectivity index (χ3n) is 2.23. The summed E-state index contributed by atoms with van der Waals surface area (Å²) in [4.78, 5) is 4.71. The van der Waals surface area contributed by atoms with E-state index in [2.05, 4.69) is 5.48 Å². The zero-order valence-electron chi connectivity index (χ0n) is 9.17. The molecule has 0 aliphatic carbocycles. The minimum atomic E-state index is 0.243. The third-order valence-corrected chi connectivity index (χ3v) is 2.55. The molecule has 0 amide bonds. The molecule has 84 valence electrons. The zero-order valence-corrected chi connectivity index (χ0v) is 9.93. The number of aromatic hydroxyl groups is 1. The van der Waals surface area contributed by atoms with Crippen LogP contribution >= 0.6 is 11.6 Å². The first kappa shape index (κ1) is 12.3. The lowest BCUT2D eigenvalue weighted by molar-refractivity contribution is 0.0861. The Morgan fingerprint density at radius 1 is 1.47 bits per heavy atom. The minimum absolute atomic E-state index is 0.243. The van der Waals surface area contributed by atoms with E-state index in [1.165, 1.54) is 7.11 Å². The summed E-state index contributed by atoms with van der Waals surface area (Å²) in [5.41, 5.74) is 4.34. The average molecular weight is 230 g/mol. The van der Waals surface area contributed by atoms with Crippen LogP contribution in [0.1, 0.15) is 30.9 Å². The maximum absolute atomic E-state index is 9.74. The second-order valence-electron chi connectivity index (χ2n) is 3.68. The molecule has 0 bridgehead atoms. The number of nitrogens with one attached hydrogen (secondary N) is 1. The van der Waals surface area contributed by atoms with E-state index in [-0.39, 0.29) is 5.75 Å². The summed E-state index contributed by atoms with van der Waals surface area (Å²) in [6.45, 7) is 4.50. The first-order valence-electron chi connectivity index (χ1n) is 4.83. The fourth-order valence-electron chi connectivity index (χ4n) is 1.35. The van der Waals surface area contributed by atoms with E-state index in [9.17, 15) is 5.11 Å². The van der Waals surface area contributed by atoms with Crippen LogP contribution in [-0.2, 0) is 11.4 Å². The normalized spacial score (nSPS) is 11.0. The molecular weight excluding hydrogens is 214 g/mol. The molecule has 0 spiro atoms. The van der Waals surface area contributed by atoms with Crippen molar-refractivity contribution in [2.24, 2.45) is 0 Å². The van der Waals surface area contributed by atoms with Crippen molar-refractivity contribution in [1.82, 2.24) is 5.48 Å². The standard InChI is InChI=1S/C11H16ClNO2/c1-7(2)9-5-11(14)8(4-10(9)12)6-13-15-3/h4-5,7,13-14H,6H2,1-3H3. The second-order valence-corrected chi connectivity index (χ2v) is 4.09. The van der Waals surface area contributed by atoms with Gasteiger partial charge >= 0.3 is 0 Å². The first-order valence-corrected chi connectivity index (χ1v) is 5.21. The van der Waals surface area contributed by atoms with E-state index in [0.29, 0.717) is 17.5 Å². The Morgan fingerprint density at radius 3 is 2.67 bits per heavy atom. The largest absolute Gasteiger partial charge is 0.508 e. The van der Waals surface area contributed by atoms with Gasteiger partial charge in [-0.15, -0.1) is 0 Å². The number of hydroxylamine groups is 1. The van der Waals surface area contributed by atoms with Gasteiger partial charge in [-0.1, -0.05) is 25.4 Å². The molecule has 0 fully saturated rings. The van der Waals surface area contributed by atoms with Crippen molar-refractivity contribution in [3.05, 3.63) is 28.3 Å². The van der Waals surface area contributed by atoms with Gasteiger partial charge in [0.1, 0.15) is 5.75 Å². The number of hydrogen-bond donors (Lipinski definition) is 2. The summed E-state index contributed by atoms with van der Waals surface area (Å²) in [5.74, 6) is 0.542. The van der Waals surface area contributed by atoms with Crippen LogP contribution in [0.5, 0.6) is 5.75 Å². The maximum Gasteiger partial charge on any atom is 0.120 e. The second kappa shape index (κ2) is 5.35. The van der Waals surface area contributed by atoms with Gasteiger partial charge in [-0.05, 0) is 23.6 Å². The SMILES string of the molecule is CONCc1cc(Cl)c(C(C)C)cc1O. The van der Waals surface area contributed by atoms with Crippen molar-refractivity contribution in [1.29, 1.82) is 0 Å². The lowest BCUT2D eigenvalue weighted by atomic mass is 10.0. The number of rotatable bonds is 4. The Labute approximate surface area is 95.0 Å². The summed E-state index contributed by atoms with van der Waals surface area (Å²) in [7, 11) is 1.53. The average Bonchev–Trinajstić information content (AvgIpc) is 2.18. The Bertz CT molecular complexity index is 340. The van der Waals surface area contributed by atoms with Crippen molar-refractivity contribution in [3.63, 3.8) is 0 Å². The Balaban J connectivity index is 2.97. The van der Waals surface area contributed by atoms with Gasteiger partial charge in [-0.3, -0.25) is 0 Å². The molecular formula is C11H16ClNO2. The number of hydrogen-bond acceptors (Lipinski definition) is 3. The summed E-state index contributed by atoms with van der Waals surface area (Å²) < 4.78 is 0. The minimum Gasteiger partial charge on any atom is -0.508 e. The van der Waals surface area contributed by atoms with E-state index in [0.717, 1.165) is 11.1 Å². The fourth-order valence-corrected chi connectivity index (χ4v) is 1.76. The van der Waals surface area contributed by atoms with Crippen molar-refractivity contribution in [2.45, 2.75) is 26.3 Å². The van der Waals surface area contributed by atoms with E-state index in [1.54, 1.807) is 12.1 Å². The molecule has 0 atom stereocenters. The highest BCUT2D eigenvalue weighted by atomic mass is 35.5. The van der Waals surface area contributed by atoms with Gasteiger partial charge in [0.15, 0.2) is 0 Å². The van der Waals surface area contributed by atoms with E-state index in [4.69, 9.17) is 16.4 Å². The summed E-state index contributed by atoms with van der Waals surface area (Å²) in [5, 5.41) is 10.4. The molecule has 2 N–H and O–H groups in total. The van der Waals surface area contributed by atoms with Crippen LogP contribution in [0, 0.1) is 0 Å². The van der Waals surface area contributed by atoms with E-state index < -0.39 is 0 Å². The molecule has 1 aromatic carbocycles. The van der Waals surface area contributed by atoms with Crippen LogP contribution in [0.15, 0.2) is 12.1 Å². The van der Waals surface area contributed by atoms with Gasteiger partial charge in [0.05, 0.1) is 7.11 Å². The van der Waals surface area contributed by atoms with Gasteiger partial charge in [-0.25, -0.2) is 0 Å². The maximum atomic E-state index is 9.74. The smallest absolute Gasteiger partial charge is 0.120 e. The molecule has 0 aliphatic rings. The van der Waals surface area contributed by atoms with Crippen LogP contribution in [0.25, 0.3) is 0 Å². The Hall–Kier alpha value is -0.770. The van der Waals surface area contributed by atoms with Crippen LogP contribution in [0.2, 0.25) is 5.02 Å². The van der Waals surface area contributed by atoms with E-state index in [1.807, 2.05) is 13.8 Å².